The smallest absolute Gasteiger partial charge is 0.316 e. The standard InChI is InChI=1S/C21H22N2O3S/c1-3-26-18(25)12-27-21-15(11-22)19(14-9-7-13(2)8-10-14)20-16(23-21)5-4-6-17(20)24/h7-10,19,23H,3-6,12H2,1-2H3/t19-/m0/s1. The molecular formula is C21H22N2O3S. The van der Waals surface area contributed by atoms with Crippen LogP contribution in [0.2, 0.25) is 0 Å². The van der Waals surface area contributed by atoms with Crippen LogP contribution >= 0.6 is 11.8 Å². The zero-order valence-electron chi connectivity index (χ0n) is 15.5. The van der Waals surface area contributed by atoms with Crippen LogP contribution in [0.3, 0.4) is 0 Å². The molecule has 1 N–H and O–H groups in total. The van der Waals surface area contributed by atoms with Crippen molar-refractivity contribution in [1.82, 2.24) is 5.32 Å². The number of dihydropyridines is 1. The third kappa shape index (κ3) is 4.09. The first kappa shape index (κ1) is 19.2. The van der Waals surface area contributed by atoms with E-state index in [1.165, 1.54) is 11.8 Å². The van der Waals surface area contributed by atoms with E-state index >= 15 is 0 Å². The molecular weight excluding hydrogens is 360 g/mol. The molecule has 6 heteroatoms. The minimum Gasteiger partial charge on any atom is -0.465 e. The Balaban J connectivity index is 2.02. The number of nitriles is 1. The molecule has 0 radical (unpaired) electrons. The summed E-state index contributed by atoms with van der Waals surface area (Å²) in [6.07, 6.45) is 2.07. The van der Waals surface area contributed by atoms with E-state index in [-0.39, 0.29) is 23.4 Å². The number of rotatable bonds is 5. The monoisotopic (exact) mass is 382 g/mol. The van der Waals surface area contributed by atoms with Gasteiger partial charge in [-0.2, -0.15) is 5.26 Å². The second-order valence-corrected chi connectivity index (χ2v) is 7.57. The topological polar surface area (TPSA) is 79.2 Å². The zero-order valence-corrected chi connectivity index (χ0v) is 16.3. The van der Waals surface area contributed by atoms with E-state index < -0.39 is 0 Å². The van der Waals surface area contributed by atoms with E-state index in [4.69, 9.17) is 4.74 Å². The van der Waals surface area contributed by atoms with E-state index in [2.05, 4.69) is 11.4 Å². The summed E-state index contributed by atoms with van der Waals surface area (Å²) in [5, 5.41) is 13.8. The van der Waals surface area contributed by atoms with Crippen molar-refractivity contribution in [3.8, 4) is 6.07 Å². The SMILES string of the molecule is CCOC(=O)CSC1=C(C#N)[C@H](c2ccc(C)cc2)C2=C(CCCC2=O)N1. The number of nitrogens with zero attached hydrogens (tertiary/aromatic N) is 1. The van der Waals surface area contributed by atoms with Crippen LogP contribution in [0.15, 0.2) is 46.1 Å². The molecule has 0 saturated heterocycles. The van der Waals surface area contributed by atoms with Crippen LogP contribution < -0.4 is 5.32 Å². The molecule has 1 aliphatic carbocycles. The molecule has 0 saturated carbocycles. The molecule has 1 atom stereocenters. The summed E-state index contributed by atoms with van der Waals surface area (Å²) in [5.74, 6) is -0.486. The van der Waals surface area contributed by atoms with Crippen molar-refractivity contribution < 1.29 is 14.3 Å². The number of aryl methyl sites for hydroxylation is 1. The molecule has 1 aromatic carbocycles. The number of benzene rings is 1. The van der Waals surface area contributed by atoms with E-state index in [9.17, 15) is 14.9 Å². The summed E-state index contributed by atoms with van der Waals surface area (Å²) < 4.78 is 4.99. The lowest BCUT2D eigenvalue weighted by molar-refractivity contribution is -0.139. The summed E-state index contributed by atoms with van der Waals surface area (Å²) in [6.45, 7) is 4.09. The minimum absolute atomic E-state index is 0.0940. The summed E-state index contributed by atoms with van der Waals surface area (Å²) in [7, 11) is 0. The summed E-state index contributed by atoms with van der Waals surface area (Å²) in [4.78, 5) is 24.4. The van der Waals surface area contributed by atoms with Gasteiger partial charge in [0.05, 0.1) is 34.9 Å². The lowest BCUT2D eigenvalue weighted by Crippen LogP contribution is -2.31. The highest BCUT2D eigenvalue weighted by Gasteiger charge is 2.37. The molecule has 0 spiro atoms. The normalized spacial score (nSPS) is 19.3. The van der Waals surface area contributed by atoms with Gasteiger partial charge in [-0.1, -0.05) is 41.6 Å². The fraction of sp³-hybridized carbons (Fsp3) is 0.381. The Morgan fingerprint density at radius 3 is 2.74 bits per heavy atom. The maximum absolute atomic E-state index is 12.7. The number of hydrogen-bond donors (Lipinski definition) is 1. The van der Waals surface area contributed by atoms with Gasteiger partial charge in [0, 0.05) is 17.7 Å². The van der Waals surface area contributed by atoms with Crippen LogP contribution in [-0.4, -0.2) is 24.1 Å². The fourth-order valence-electron chi connectivity index (χ4n) is 3.46. The lowest BCUT2D eigenvalue weighted by Gasteiger charge is -2.33. The van der Waals surface area contributed by atoms with Gasteiger partial charge >= 0.3 is 5.97 Å². The van der Waals surface area contributed by atoms with Gasteiger partial charge in [-0.05, 0) is 32.3 Å². The largest absolute Gasteiger partial charge is 0.465 e. The molecule has 0 bridgehead atoms. The molecule has 5 nitrogen and oxygen atoms in total. The molecule has 0 unspecified atom stereocenters. The predicted octanol–water partition coefficient (Wildman–Crippen LogP) is 3.72. The Hall–Kier alpha value is -2.52. The van der Waals surface area contributed by atoms with Crippen LogP contribution in [0.5, 0.6) is 0 Å². The van der Waals surface area contributed by atoms with E-state index in [1.807, 2.05) is 31.2 Å². The molecule has 140 valence electrons. The van der Waals surface area contributed by atoms with Crippen molar-refractivity contribution in [3.63, 3.8) is 0 Å². The Morgan fingerprint density at radius 2 is 2.07 bits per heavy atom. The molecule has 1 aliphatic heterocycles. The highest BCUT2D eigenvalue weighted by Crippen LogP contribution is 2.43. The second kappa shape index (κ2) is 8.45. The third-order valence-corrected chi connectivity index (χ3v) is 5.70. The van der Waals surface area contributed by atoms with Crippen molar-refractivity contribution in [3.05, 3.63) is 57.3 Å². The predicted molar refractivity (Wildman–Crippen MR) is 105 cm³/mol. The van der Waals surface area contributed by atoms with E-state index in [0.29, 0.717) is 29.2 Å². The number of thioether (sulfide) groups is 1. The Kier molecular flexibility index (Phi) is 6.02. The number of allylic oxidation sites excluding steroid dienone is 3. The number of ketones is 1. The average Bonchev–Trinajstić information content (AvgIpc) is 2.66. The van der Waals surface area contributed by atoms with Crippen molar-refractivity contribution in [2.75, 3.05) is 12.4 Å². The van der Waals surface area contributed by atoms with Crippen LogP contribution in [0.4, 0.5) is 0 Å². The highest BCUT2D eigenvalue weighted by atomic mass is 32.2. The van der Waals surface area contributed by atoms with Crippen LogP contribution in [0.1, 0.15) is 43.2 Å². The summed E-state index contributed by atoms with van der Waals surface area (Å²) in [5.41, 5.74) is 4.11. The van der Waals surface area contributed by atoms with Crippen molar-refractivity contribution >= 4 is 23.5 Å². The van der Waals surface area contributed by atoms with Crippen LogP contribution in [0.25, 0.3) is 0 Å². The Morgan fingerprint density at radius 1 is 1.33 bits per heavy atom. The molecule has 3 rings (SSSR count). The van der Waals surface area contributed by atoms with Crippen molar-refractivity contribution in [2.45, 2.75) is 39.0 Å². The van der Waals surface area contributed by atoms with Crippen LogP contribution in [0, 0.1) is 18.3 Å². The van der Waals surface area contributed by atoms with Crippen LogP contribution in [-0.2, 0) is 14.3 Å². The zero-order chi connectivity index (χ0) is 19.4. The van der Waals surface area contributed by atoms with Crippen molar-refractivity contribution in [1.29, 1.82) is 5.26 Å². The first-order valence-corrected chi connectivity index (χ1v) is 10.1. The number of carbonyl (C=O) groups is 2. The summed E-state index contributed by atoms with van der Waals surface area (Å²) >= 11 is 1.26. The van der Waals surface area contributed by atoms with E-state index in [1.54, 1.807) is 6.92 Å². The minimum atomic E-state index is -0.385. The molecule has 0 fully saturated rings. The lowest BCUT2D eigenvalue weighted by atomic mass is 9.77. The Labute approximate surface area is 163 Å². The Bertz CT molecular complexity index is 862. The maximum Gasteiger partial charge on any atom is 0.316 e. The molecule has 27 heavy (non-hydrogen) atoms. The average molecular weight is 382 g/mol. The number of esters is 1. The number of nitrogens with one attached hydrogen (secondary N) is 1. The fourth-order valence-corrected chi connectivity index (χ4v) is 4.32. The first-order chi connectivity index (χ1) is 13.0. The van der Waals surface area contributed by atoms with Gasteiger partial charge in [0.25, 0.3) is 0 Å². The number of Topliss-reactive ketones (excluding diaryl/α,β-unsaturated/α-hetero) is 1. The van der Waals surface area contributed by atoms with Gasteiger partial charge in [0.1, 0.15) is 0 Å². The van der Waals surface area contributed by atoms with E-state index in [0.717, 1.165) is 29.7 Å². The molecule has 1 heterocycles. The van der Waals surface area contributed by atoms with Crippen molar-refractivity contribution in [2.24, 2.45) is 0 Å². The van der Waals surface area contributed by atoms with Gasteiger partial charge in [-0.25, -0.2) is 0 Å². The molecule has 0 amide bonds. The van der Waals surface area contributed by atoms with Gasteiger partial charge < -0.3 is 10.1 Å². The maximum atomic E-state index is 12.7. The first-order valence-electron chi connectivity index (χ1n) is 9.07. The van der Waals surface area contributed by atoms with Gasteiger partial charge in [-0.15, -0.1) is 0 Å². The number of ether oxygens (including phenoxy) is 1. The van der Waals surface area contributed by atoms with Gasteiger partial charge in [0.2, 0.25) is 0 Å². The highest BCUT2D eigenvalue weighted by molar-refractivity contribution is 8.03. The van der Waals surface area contributed by atoms with Gasteiger partial charge in [-0.3, -0.25) is 9.59 Å². The second-order valence-electron chi connectivity index (χ2n) is 6.59. The summed E-state index contributed by atoms with van der Waals surface area (Å²) in [6, 6.07) is 10.2. The molecule has 2 aliphatic rings. The quantitative estimate of drug-likeness (QED) is 0.782. The number of carbonyl (C=O) groups excluding carboxylic acids is 2. The number of hydrogen-bond acceptors (Lipinski definition) is 6. The third-order valence-electron chi connectivity index (χ3n) is 4.71. The van der Waals surface area contributed by atoms with Gasteiger partial charge in [0.15, 0.2) is 5.78 Å². The molecule has 0 aromatic heterocycles. The molecule has 1 aromatic rings.